The maximum Gasteiger partial charge on any atom is 0.410 e. The number of rotatable bonds is 1. The van der Waals surface area contributed by atoms with Gasteiger partial charge in [-0.1, -0.05) is 6.58 Å². The molecule has 128 valence electrons. The van der Waals surface area contributed by atoms with Crippen molar-refractivity contribution in [3.8, 4) is 12.8 Å². The molecule has 0 aromatic heterocycles. The number of amides is 1. The molecule has 5 nitrogen and oxygen atoms in total. The zero-order chi connectivity index (χ0) is 17.8. The SMILES string of the molecule is C#C.C=CNC(C)(C)C.CC(C)(C)OC(=O)N1CCNCC1. The predicted octanol–water partition coefficient (Wildman–Crippen LogP) is 2.59. The quantitative estimate of drug-likeness (QED) is 0.731. The molecule has 1 amide bonds. The van der Waals surface area contributed by atoms with Crippen LogP contribution in [0.5, 0.6) is 0 Å². The van der Waals surface area contributed by atoms with Gasteiger partial charge in [0, 0.05) is 31.7 Å². The lowest BCUT2D eigenvalue weighted by atomic mass is 10.1. The van der Waals surface area contributed by atoms with Gasteiger partial charge in [0.2, 0.25) is 0 Å². The summed E-state index contributed by atoms with van der Waals surface area (Å²) in [5, 5.41) is 6.23. The van der Waals surface area contributed by atoms with E-state index in [-0.39, 0.29) is 17.2 Å². The summed E-state index contributed by atoms with van der Waals surface area (Å²) in [6.45, 7) is 18.7. The minimum atomic E-state index is -0.387. The third-order valence-corrected chi connectivity index (χ3v) is 2.30. The molecule has 0 aliphatic carbocycles. The zero-order valence-electron chi connectivity index (χ0n) is 15.0. The Morgan fingerprint density at radius 3 is 1.91 bits per heavy atom. The number of carbonyl (C=O) groups excluding carboxylic acids is 1. The molecule has 1 fully saturated rings. The van der Waals surface area contributed by atoms with Crippen LogP contribution in [0.25, 0.3) is 0 Å². The molecule has 0 bridgehead atoms. The maximum absolute atomic E-state index is 11.5. The number of terminal acetylenes is 1. The maximum atomic E-state index is 11.5. The van der Waals surface area contributed by atoms with Crippen LogP contribution in [-0.4, -0.2) is 48.3 Å². The van der Waals surface area contributed by atoms with E-state index >= 15 is 0 Å². The third-order valence-electron chi connectivity index (χ3n) is 2.30. The number of piperazine rings is 1. The van der Waals surface area contributed by atoms with Crippen LogP contribution in [-0.2, 0) is 4.74 Å². The first-order valence-corrected chi connectivity index (χ1v) is 7.46. The largest absolute Gasteiger partial charge is 0.444 e. The van der Waals surface area contributed by atoms with Gasteiger partial charge in [-0.05, 0) is 47.7 Å². The van der Waals surface area contributed by atoms with E-state index in [1.165, 1.54) is 0 Å². The van der Waals surface area contributed by atoms with Crippen LogP contribution >= 0.6 is 0 Å². The summed E-state index contributed by atoms with van der Waals surface area (Å²) in [6.07, 6.45) is 9.51. The Morgan fingerprint density at radius 1 is 1.18 bits per heavy atom. The van der Waals surface area contributed by atoms with Crippen molar-refractivity contribution in [2.24, 2.45) is 0 Å². The second kappa shape index (κ2) is 11.0. The molecule has 1 aliphatic heterocycles. The van der Waals surface area contributed by atoms with Gasteiger partial charge in [-0.15, -0.1) is 12.8 Å². The summed E-state index contributed by atoms with van der Waals surface area (Å²) < 4.78 is 5.24. The number of carbonyl (C=O) groups is 1. The van der Waals surface area contributed by atoms with E-state index in [1.54, 1.807) is 11.1 Å². The topological polar surface area (TPSA) is 53.6 Å². The van der Waals surface area contributed by atoms with E-state index in [0.29, 0.717) is 0 Å². The van der Waals surface area contributed by atoms with E-state index in [9.17, 15) is 4.79 Å². The normalized spacial score (nSPS) is 14.5. The standard InChI is InChI=1S/C9H18N2O2.C6H13N.C2H2/c1-9(2,3)13-8(12)11-6-4-10-5-7-11;1-5-7-6(2,3)4;1-2/h10H,4-7H2,1-3H3;5,7H,1H2,2-4H3;1-2H. The molecule has 1 aliphatic rings. The Morgan fingerprint density at radius 2 is 1.64 bits per heavy atom. The number of ether oxygens (including phenoxy) is 1. The smallest absolute Gasteiger partial charge is 0.410 e. The van der Waals surface area contributed by atoms with Crippen molar-refractivity contribution < 1.29 is 9.53 Å². The number of hydrogen-bond donors (Lipinski definition) is 2. The fraction of sp³-hybridized carbons (Fsp3) is 0.706. The molecular formula is C17H33N3O2. The van der Waals surface area contributed by atoms with Crippen molar-refractivity contribution in [3.05, 3.63) is 12.8 Å². The Kier molecular flexibility index (Phi) is 11.3. The van der Waals surface area contributed by atoms with E-state index in [4.69, 9.17) is 4.74 Å². The molecule has 0 unspecified atom stereocenters. The van der Waals surface area contributed by atoms with Crippen LogP contribution in [0.1, 0.15) is 41.5 Å². The summed E-state index contributed by atoms with van der Waals surface area (Å²) in [5.74, 6) is 0. The van der Waals surface area contributed by atoms with Crippen LogP contribution < -0.4 is 10.6 Å². The number of nitrogens with zero attached hydrogens (tertiary/aromatic N) is 1. The molecule has 5 heteroatoms. The zero-order valence-corrected chi connectivity index (χ0v) is 15.0. The fourth-order valence-electron chi connectivity index (χ4n) is 1.48. The minimum absolute atomic E-state index is 0.182. The molecule has 0 spiro atoms. The second-order valence-electron chi connectivity index (χ2n) is 6.82. The predicted molar refractivity (Wildman–Crippen MR) is 93.7 cm³/mol. The van der Waals surface area contributed by atoms with Crippen molar-refractivity contribution in [1.82, 2.24) is 15.5 Å². The second-order valence-corrected chi connectivity index (χ2v) is 6.82. The Labute approximate surface area is 136 Å². The van der Waals surface area contributed by atoms with E-state index in [1.807, 2.05) is 20.8 Å². The van der Waals surface area contributed by atoms with Crippen molar-refractivity contribution in [3.63, 3.8) is 0 Å². The molecule has 0 saturated carbocycles. The molecule has 0 atom stereocenters. The molecular weight excluding hydrogens is 278 g/mol. The molecule has 22 heavy (non-hydrogen) atoms. The molecule has 0 aromatic carbocycles. The highest BCUT2D eigenvalue weighted by Crippen LogP contribution is 2.09. The molecule has 0 aromatic rings. The summed E-state index contributed by atoms with van der Waals surface area (Å²) in [5.41, 5.74) is -0.205. The molecule has 1 rings (SSSR count). The third kappa shape index (κ3) is 14.7. The van der Waals surface area contributed by atoms with Gasteiger partial charge in [-0.3, -0.25) is 0 Å². The Balaban J connectivity index is 0. The van der Waals surface area contributed by atoms with Gasteiger partial charge in [0.1, 0.15) is 5.60 Å². The highest BCUT2D eigenvalue weighted by molar-refractivity contribution is 5.68. The van der Waals surface area contributed by atoms with Gasteiger partial charge in [0.15, 0.2) is 0 Å². The van der Waals surface area contributed by atoms with E-state index < -0.39 is 0 Å². The average Bonchev–Trinajstić information content (AvgIpc) is 2.39. The van der Waals surface area contributed by atoms with Crippen molar-refractivity contribution >= 4 is 6.09 Å². The fourth-order valence-corrected chi connectivity index (χ4v) is 1.48. The molecule has 1 heterocycles. The van der Waals surface area contributed by atoms with Gasteiger partial charge >= 0.3 is 6.09 Å². The summed E-state index contributed by atoms with van der Waals surface area (Å²) in [4.78, 5) is 13.2. The molecule has 1 saturated heterocycles. The van der Waals surface area contributed by atoms with E-state index in [2.05, 4.69) is 50.8 Å². The number of nitrogens with one attached hydrogen (secondary N) is 2. The van der Waals surface area contributed by atoms with Crippen molar-refractivity contribution in [1.29, 1.82) is 0 Å². The van der Waals surface area contributed by atoms with Gasteiger partial charge in [0.05, 0.1) is 0 Å². The lowest BCUT2D eigenvalue weighted by Crippen LogP contribution is -2.48. The monoisotopic (exact) mass is 311 g/mol. The summed E-state index contributed by atoms with van der Waals surface area (Å²) >= 11 is 0. The van der Waals surface area contributed by atoms with Crippen LogP contribution in [0, 0.1) is 12.8 Å². The van der Waals surface area contributed by atoms with Gasteiger partial charge in [-0.25, -0.2) is 4.79 Å². The first-order chi connectivity index (χ1) is 10.0. The van der Waals surface area contributed by atoms with Gasteiger partial charge in [0.25, 0.3) is 0 Å². The highest BCUT2D eigenvalue weighted by Gasteiger charge is 2.22. The summed E-state index contributed by atoms with van der Waals surface area (Å²) in [7, 11) is 0. The van der Waals surface area contributed by atoms with Crippen molar-refractivity contribution in [2.75, 3.05) is 26.2 Å². The Bertz CT molecular complexity index is 332. The molecule has 2 N–H and O–H groups in total. The van der Waals surface area contributed by atoms with Crippen LogP contribution in [0.2, 0.25) is 0 Å². The first kappa shape index (κ1) is 22.6. The van der Waals surface area contributed by atoms with Gasteiger partial charge < -0.3 is 20.3 Å². The van der Waals surface area contributed by atoms with Gasteiger partial charge in [-0.2, -0.15) is 0 Å². The van der Waals surface area contributed by atoms with Crippen LogP contribution in [0.4, 0.5) is 4.79 Å². The van der Waals surface area contributed by atoms with Crippen LogP contribution in [0.3, 0.4) is 0 Å². The number of hydrogen-bond acceptors (Lipinski definition) is 4. The van der Waals surface area contributed by atoms with E-state index in [0.717, 1.165) is 26.2 Å². The van der Waals surface area contributed by atoms with Crippen molar-refractivity contribution in [2.45, 2.75) is 52.7 Å². The lowest BCUT2D eigenvalue weighted by molar-refractivity contribution is 0.0229. The molecule has 0 radical (unpaired) electrons. The highest BCUT2D eigenvalue weighted by atomic mass is 16.6. The lowest BCUT2D eigenvalue weighted by Gasteiger charge is -2.30. The summed E-state index contributed by atoms with van der Waals surface area (Å²) in [6, 6.07) is 0. The average molecular weight is 311 g/mol. The minimum Gasteiger partial charge on any atom is -0.444 e. The van der Waals surface area contributed by atoms with Crippen LogP contribution in [0.15, 0.2) is 12.8 Å². The first-order valence-electron chi connectivity index (χ1n) is 7.46. The Hall–Kier alpha value is -1.67.